The number of aliphatic hydroxyl groups excluding tert-OH is 1. The highest BCUT2D eigenvalue weighted by Crippen LogP contribution is 2.31. The molecule has 1 unspecified atom stereocenters. The first-order valence-electron chi connectivity index (χ1n) is 12.1. The summed E-state index contributed by atoms with van der Waals surface area (Å²) in [4.78, 5) is 26.4. The Morgan fingerprint density at radius 1 is 1.03 bits per heavy atom. The average molecular weight is 485 g/mol. The first kappa shape index (κ1) is 26.5. The predicted octanol–water partition coefficient (Wildman–Crippen LogP) is 3.38. The minimum atomic E-state index is -0.893. The van der Waals surface area contributed by atoms with Crippen LogP contribution >= 0.6 is 0 Å². The Morgan fingerprint density at radius 2 is 1.71 bits per heavy atom. The van der Waals surface area contributed by atoms with Crippen LogP contribution in [0.1, 0.15) is 54.6 Å². The number of Topliss-reactive ketones (excluding diaryl/α,β-unsaturated/α-hetero) is 1. The van der Waals surface area contributed by atoms with Crippen LogP contribution in [0.3, 0.4) is 0 Å². The molecule has 2 aromatic carbocycles. The number of rotatable bonds is 13. The van der Waals surface area contributed by atoms with E-state index in [0.29, 0.717) is 47.9 Å². The zero-order chi connectivity index (χ0) is 25.2. The van der Waals surface area contributed by atoms with Crippen LogP contribution < -0.4 is 19.5 Å². The van der Waals surface area contributed by atoms with E-state index in [1.165, 1.54) is 6.92 Å². The van der Waals surface area contributed by atoms with Crippen LogP contribution in [0.5, 0.6) is 17.2 Å². The van der Waals surface area contributed by atoms with Crippen LogP contribution in [-0.4, -0.2) is 68.2 Å². The highest BCUT2D eigenvalue weighted by Gasteiger charge is 2.27. The van der Waals surface area contributed by atoms with Crippen LogP contribution in [0.15, 0.2) is 42.5 Å². The maximum absolute atomic E-state index is 12.7. The molecule has 35 heavy (non-hydrogen) atoms. The summed E-state index contributed by atoms with van der Waals surface area (Å²) in [6.45, 7) is 4.39. The number of nitrogens with zero attached hydrogens (tertiary/aromatic N) is 1. The van der Waals surface area contributed by atoms with E-state index in [9.17, 15) is 14.7 Å². The summed E-state index contributed by atoms with van der Waals surface area (Å²) in [5, 5.41) is 14.2. The number of likely N-dealkylation sites (tertiary alicyclic amines) is 1. The summed E-state index contributed by atoms with van der Waals surface area (Å²) < 4.78 is 16.4. The molecule has 0 saturated carbocycles. The van der Waals surface area contributed by atoms with Crippen LogP contribution in [0.2, 0.25) is 0 Å². The third-order valence-corrected chi connectivity index (χ3v) is 6.21. The Morgan fingerprint density at radius 3 is 2.34 bits per heavy atom. The van der Waals surface area contributed by atoms with E-state index < -0.39 is 12.1 Å². The molecule has 1 amide bonds. The van der Waals surface area contributed by atoms with Gasteiger partial charge in [0, 0.05) is 18.5 Å². The Kier molecular flexibility index (Phi) is 9.93. The van der Waals surface area contributed by atoms with Gasteiger partial charge in [0.15, 0.2) is 17.3 Å². The number of methoxy groups -OCH3 is 2. The van der Waals surface area contributed by atoms with Gasteiger partial charge in [0.25, 0.3) is 0 Å². The van der Waals surface area contributed by atoms with Gasteiger partial charge in [-0.3, -0.25) is 9.59 Å². The van der Waals surface area contributed by atoms with Crippen molar-refractivity contribution in [2.45, 2.75) is 44.8 Å². The molecule has 0 aromatic heterocycles. The first-order valence-corrected chi connectivity index (χ1v) is 12.1. The molecule has 8 heteroatoms. The molecule has 3 rings (SSSR count). The first-order chi connectivity index (χ1) is 16.9. The SMILES string of the molecule is COc1ccc([C@@H](O)C(CN2CCCC2)NC(=O)CCCOc2ccc(C(C)=O)cc2)cc1OC. The fraction of sp³-hybridized carbons (Fsp3) is 0.481. The topological polar surface area (TPSA) is 97.3 Å². The number of amides is 1. The standard InChI is InChI=1S/C27H36N2O6/c1-19(30)20-8-11-22(12-9-20)35-16-6-7-26(31)28-23(18-29-14-4-5-15-29)27(32)21-10-13-24(33-2)25(17-21)34-3/h8-13,17,23,27,32H,4-7,14-16,18H2,1-3H3,(H,28,31)/t23?,27-/m1/s1. The molecule has 1 heterocycles. The zero-order valence-electron chi connectivity index (χ0n) is 20.8. The fourth-order valence-electron chi connectivity index (χ4n) is 4.22. The van der Waals surface area contributed by atoms with Gasteiger partial charge in [-0.15, -0.1) is 0 Å². The van der Waals surface area contributed by atoms with Crippen molar-refractivity contribution in [1.29, 1.82) is 0 Å². The van der Waals surface area contributed by atoms with E-state index in [1.54, 1.807) is 56.7 Å². The van der Waals surface area contributed by atoms with Gasteiger partial charge >= 0.3 is 0 Å². The third kappa shape index (κ3) is 7.70. The molecule has 0 bridgehead atoms. The van der Waals surface area contributed by atoms with Crippen LogP contribution in [0.4, 0.5) is 0 Å². The van der Waals surface area contributed by atoms with Crippen molar-refractivity contribution in [1.82, 2.24) is 10.2 Å². The molecule has 2 aromatic rings. The Bertz CT molecular complexity index is 972. The van der Waals surface area contributed by atoms with Crippen molar-refractivity contribution in [3.8, 4) is 17.2 Å². The van der Waals surface area contributed by atoms with E-state index in [2.05, 4.69) is 10.2 Å². The molecule has 0 spiro atoms. The monoisotopic (exact) mass is 484 g/mol. The third-order valence-electron chi connectivity index (χ3n) is 6.21. The summed E-state index contributed by atoms with van der Waals surface area (Å²) >= 11 is 0. The van der Waals surface area contributed by atoms with E-state index in [4.69, 9.17) is 14.2 Å². The molecule has 1 fully saturated rings. The van der Waals surface area contributed by atoms with Crippen molar-refractivity contribution in [3.63, 3.8) is 0 Å². The second-order valence-electron chi connectivity index (χ2n) is 8.77. The predicted molar refractivity (Wildman–Crippen MR) is 133 cm³/mol. The van der Waals surface area contributed by atoms with Gasteiger partial charge < -0.3 is 29.5 Å². The van der Waals surface area contributed by atoms with Crippen molar-refractivity contribution < 1.29 is 28.9 Å². The molecule has 0 aliphatic carbocycles. The van der Waals surface area contributed by atoms with Crippen molar-refractivity contribution in [3.05, 3.63) is 53.6 Å². The molecule has 1 aliphatic heterocycles. The van der Waals surface area contributed by atoms with Gasteiger partial charge in [0.05, 0.1) is 26.9 Å². The maximum Gasteiger partial charge on any atom is 0.220 e. The molecule has 8 nitrogen and oxygen atoms in total. The summed E-state index contributed by atoms with van der Waals surface area (Å²) in [7, 11) is 3.12. The lowest BCUT2D eigenvalue weighted by atomic mass is 10.0. The second-order valence-corrected chi connectivity index (χ2v) is 8.77. The highest BCUT2D eigenvalue weighted by molar-refractivity contribution is 5.94. The number of hydrogen-bond acceptors (Lipinski definition) is 7. The lowest BCUT2D eigenvalue weighted by molar-refractivity contribution is -0.123. The van der Waals surface area contributed by atoms with Gasteiger partial charge in [-0.05, 0) is 81.2 Å². The molecule has 1 saturated heterocycles. The van der Waals surface area contributed by atoms with Gasteiger partial charge in [-0.2, -0.15) is 0 Å². The van der Waals surface area contributed by atoms with E-state index in [1.807, 2.05) is 0 Å². The Balaban J connectivity index is 1.56. The lowest BCUT2D eigenvalue weighted by Gasteiger charge is -2.29. The summed E-state index contributed by atoms with van der Waals surface area (Å²) in [5.41, 5.74) is 1.29. The second kappa shape index (κ2) is 13.1. The summed E-state index contributed by atoms with van der Waals surface area (Å²) in [5.74, 6) is 1.64. The Hall–Kier alpha value is -3.10. The van der Waals surface area contributed by atoms with Crippen molar-refractivity contribution in [2.24, 2.45) is 0 Å². The minimum Gasteiger partial charge on any atom is -0.494 e. The molecule has 2 atom stereocenters. The molecule has 2 N–H and O–H groups in total. The average Bonchev–Trinajstić information content (AvgIpc) is 3.38. The lowest BCUT2D eigenvalue weighted by Crippen LogP contribution is -2.46. The normalized spacial score (nSPS) is 15.3. The number of ether oxygens (including phenoxy) is 3. The molecular weight excluding hydrogens is 448 g/mol. The largest absolute Gasteiger partial charge is 0.494 e. The number of ketones is 1. The summed E-state index contributed by atoms with van der Waals surface area (Å²) in [6.07, 6.45) is 2.16. The van der Waals surface area contributed by atoms with Crippen LogP contribution in [-0.2, 0) is 4.79 Å². The van der Waals surface area contributed by atoms with Gasteiger partial charge in [-0.1, -0.05) is 6.07 Å². The van der Waals surface area contributed by atoms with Crippen molar-refractivity contribution >= 4 is 11.7 Å². The number of nitrogens with one attached hydrogen (secondary N) is 1. The molecule has 190 valence electrons. The summed E-state index contributed by atoms with van der Waals surface area (Å²) in [6, 6.07) is 11.8. The molecule has 0 radical (unpaired) electrons. The molecule has 1 aliphatic rings. The smallest absolute Gasteiger partial charge is 0.220 e. The Labute approximate surface area is 207 Å². The van der Waals surface area contributed by atoms with Gasteiger partial charge in [-0.25, -0.2) is 0 Å². The van der Waals surface area contributed by atoms with Gasteiger partial charge in [0.2, 0.25) is 5.91 Å². The van der Waals surface area contributed by atoms with E-state index in [-0.39, 0.29) is 18.1 Å². The van der Waals surface area contributed by atoms with E-state index >= 15 is 0 Å². The number of carbonyl (C=O) groups is 2. The number of carbonyl (C=O) groups excluding carboxylic acids is 2. The highest BCUT2D eigenvalue weighted by atomic mass is 16.5. The zero-order valence-corrected chi connectivity index (χ0v) is 20.8. The molecular formula is C27H36N2O6. The van der Waals surface area contributed by atoms with Crippen LogP contribution in [0, 0.1) is 0 Å². The van der Waals surface area contributed by atoms with Crippen LogP contribution in [0.25, 0.3) is 0 Å². The number of benzene rings is 2. The van der Waals surface area contributed by atoms with Gasteiger partial charge in [0.1, 0.15) is 11.9 Å². The van der Waals surface area contributed by atoms with Crippen molar-refractivity contribution in [2.75, 3.05) is 40.5 Å². The fourth-order valence-corrected chi connectivity index (χ4v) is 4.22. The van der Waals surface area contributed by atoms with E-state index in [0.717, 1.165) is 25.9 Å². The maximum atomic E-state index is 12.7. The number of aliphatic hydroxyl groups is 1. The number of hydrogen-bond donors (Lipinski definition) is 2. The minimum absolute atomic E-state index is 0.00646. The quantitative estimate of drug-likeness (QED) is 0.332.